The number of rotatable bonds is 1. The summed E-state index contributed by atoms with van der Waals surface area (Å²) in [7, 11) is 1.91. The van der Waals surface area contributed by atoms with Crippen molar-refractivity contribution >= 4 is 6.03 Å². The monoisotopic (exact) mass is 227 g/mol. The molecule has 0 bridgehead atoms. The summed E-state index contributed by atoms with van der Waals surface area (Å²) in [5.74, 6) is 0. The molecule has 5 heteroatoms. The number of piperidine rings is 1. The molecule has 2 aliphatic rings. The van der Waals surface area contributed by atoms with Crippen LogP contribution in [0, 0.1) is 0 Å². The molecule has 0 aromatic carbocycles. The summed E-state index contributed by atoms with van der Waals surface area (Å²) in [4.78, 5) is 15.9. The molecule has 16 heavy (non-hydrogen) atoms. The number of nitrogens with zero attached hydrogens (tertiary/aromatic N) is 2. The van der Waals surface area contributed by atoms with Crippen molar-refractivity contribution in [2.24, 2.45) is 0 Å². The zero-order valence-electron chi connectivity index (χ0n) is 9.95. The molecular formula is C11H21N3O2. The summed E-state index contributed by atoms with van der Waals surface area (Å²) in [6.07, 6.45) is 2.27. The number of nitrogens with one attached hydrogen (secondary N) is 1. The van der Waals surface area contributed by atoms with Crippen LogP contribution in [0.25, 0.3) is 0 Å². The first-order valence-corrected chi connectivity index (χ1v) is 6.09. The summed E-state index contributed by atoms with van der Waals surface area (Å²) >= 11 is 0. The van der Waals surface area contributed by atoms with E-state index in [0.717, 1.165) is 39.0 Å². The predicted octanol–water partition coefficient (Wildman–Crippen LogP) is 0.122. The maximum absolute atomic E-state index is 12.2. The molecule has 5 nitrogen and oxygen atoms in total. The number of amides is 2. The molecule has 2 heterocycles. The van der Waals surface area contributed by atoms with Gasteiger partial charge < -0.3 is 19.9 Å². The van der Waals surface area contributed by atoms with Crippen LogP contribution < -0.4 is 5.32 Å². The number of carbonyl (C=O) groups excluding carboxylic acids is 1. The van der Waals surface area contributed by atoms with Gasteiger partial charge in [-0.25, -0.2) is 4.79 Å². The van der Waals surface area contributed by atoms with Crippen LogP contribution in [-0.2, 0) is 4.74 Å². The van der Waals surface area contributed by atoms with Crippen molar-refractivity contribution in [1.29, 1.82) is 0 Å². The Morgan fingerprint density at radius 1 is 1.44 bits per heavy atom. The lowest BCUT2D eigenvalue weighted by atomic mass is 10.1. The average Bonchev–Trinajstić information content (AvgIpc) is 2.39. The maximum atomic E-state index is 12.2. The van der Waals surface area contributed by atoms with E-state index in [1.165, 1.54) is 0 Å². The van der Waals surface area contributed by atoms with Gasteiger partial charge in [0, 0.05) is 32.7 Å². The van der Waals surface area contributed by atoms with Gasteiger partial charge in [0.1, 0.15) is 0 Å². The Labute approximate surface area is 96.7 Å². The number of hydrogen-bond acceptors (Lipinski definition) is 3. The quantitative estimate of drug-likeness (QED) is 0.692. The zero-order valence-corrected chi connectivity index (χ0v) is 9.95. The van der Waals surface area contributed by atoms with Crippen LogP contribution in [0.1, 0.15) is 12.8 Å². The average molecular weight is 227 g/mol. The first kappa shape index (κ1) is 11.7. The van der Waals surface area contributed by atoms with E-state index < -0.39 is 0 Å². The zero-order chi connectivity index (χ0) is 11.4. The van der Waals surface area contributed by atoms with E-state index in [9.17, 15) is 4.79 Å². The third-order valence-electron chi connectivity index (χ3n) is 3.40. The van der Waals surface area contributed by atoms with E-state index in [1.807, 2.05) is 16.8 Å². The number of likely N-dealkylation sites (N-methyl/N-ethyl adjacent to an activating group) is 1. The highest BCUT2D eigenvalue weighted by Crippen LogP contribution is 2.11. The molecule has 0 aromatic rings. The van der Waals surface area contributed by atoms with Gasteiger partial charge in [0.15, 0.2) is 0 Å². The number of urea groups is 1. The summed E-state index contributed by atoms with van der Waals surface area (Å²) in [5, 5.41) is 3.34. The first-order chi connectivity index (χ1) is 7.79. The minimum atomic E-state index is 0.150. The second-order valence-corrected chi connectivity index (χ2v) is 4.49. The molecular weight excluding hydrogens is 206 g/mol. The molecule has 92 valence electrons. The van der Waals surface area contributed by atoms with E-state index in [-0.39, 0.29) is 6.03 Å². The molecule has 0 radical (unpaired) electrons. The van der Waals surface area contributed by atoms with Gasteiger partial charge in [-0.2, -0.15) is 0 Å². The van der Waals surface area contributed by atoms with Crippen LogP contribution in [0.15, 0.2) is 0 Å². The lowest BCUT2D eigenvalue weighted by molar-refractivity contribution is 0.0409. The van der Waals surface area contributed by atoms with Gasteiger partial charge in [-0.1, -0.05) is 0 Å². The lowest BCUT2D eigenvalue weighted by Crippen LogP contribution is -2.53. The minimum absolute atomic E-state index is 0.150. The van der Waals surface area contributed by atoms with Crippen LogP contribution in [0.3, 0.4) is 0 Å². The molecule has 2 amide bonds. The van der Waals surface area contributed by atoms with E-state index in [1.54, 1.807) is 0 Å². The largest absolute Gasteiger partial charge is 0.378 e. The van der Waals surface area contributed by atoms with Crippen LogP contribution in [-0.4, -0.2) is 68.3 Å². The Morgan fingerprint density at radius 3 is 2.81 bits per heavy atom. The van der Waals surface area contributed by atoms with Crippen LogP contribution in [0.5, 0.6) is 0 Å². The van der Waals surface area contributed by atoms with Gasteiger partial charge in [-0.3, -0.25) is 0 Å². The Morgan fingerprint density at radius 2 is 2.19 bits per heavy atom. The van der Waals surface area contributed by atoms with Crippen LogP contribution in [0.4, 0.5) is 4.79 Å². The number of morpholine rings is 1. The van der Waals surface area contributed by atoms with E-state index in [4.69, 9.17) is 4.74 Å². The SMILES string of the molecule is CN(C(=O)N1CCOCC1)C1CCCNC1. The summed E-state index contributed by atoms with van der Waals surface area (Å²) in [6, 6.07) is 0.501. The van der Waals surface area contributed by atoms with Gasteiger partial charge in [-0.05, 0) is 19.4 Å². The fourth-order valence-corrected chi connectivity index (χ4v) is 2.30. The number of ether oxygens (including phenoxy) is 1. The Hall–Kier alpha value is -0.810. The fourth-order valence-electron chi connectivity index (χ4n) is 2.30. The Kier molecular flexibility index (Phi) is 4.01. The third-order valence-corrected chi connectivity index (χ3v) is 3.40. The normalized spacial score (nSPS) is 26.6. The summed E-state index contributed by atoms with van der Waals surface area (Å²) in [6.45, 7) is 4.79. The van der Waals surface area contributed by atoms with Crippen molar-refractivity contribution in [1.82, 2.24) is 15.1 Å². The highest BCUT2D eigenvalue weighted by molar-refractivity contribution is 5.74. The van der Waals surface area contributed by atoms with Crippen molar-refractivity contribution in [2.75, 3.05) is 46.4 Å². The van der Waals surface area contributed by atoms with Gasteiger partial charge in [0.2, 0.25) is 0 Å². The second-order valence-electron chi connectivity index (χ2n) is 4.49. The topological polar surface area (TPSA) is 44.8 Å². The lowest BCUT2D eigenvalue weighted by Gasteiger charge is -2.36. The minimum Gasteiger partial charge on any atom is -0.378 e. The van der Waals surface area contributed by atoms with Gasteiger partial charge >= 0.3 is 6.03 Å². The van der Waals surface area contributed by atoms with Crippen molar-refractivity contribution in [3.05, 3.63) is 0 Å². The predicted molar refractivity (Wildman–Crippen MR) is 61.4 cm³/mol. The maximum Gasteiger partial charge on any atom is 0.320 e. The molecule has 2 aliphatic heterocycles. The molecule has 2 saturated heterocycles. The molecule has 0 saturated carbocycles. The highest BCUT2D eigenvalue weighted by atomic mass is 16.5. The molecule has 1 unspecified atom stereocenters. The standard InChI is InChI=1S/C11H21N3O2/c1-13(10-3-2-4-12-9-10)11(15)14-5-7-16-8-6-14/h10,12H,2-9H2,1H3. The van der Waals surface area contributed by atoms with E-state index in [0.29, 0.717) is 19.3 Å². The van der Waals surface area contributed by atoms with E-state index >= 15 is 0 Å². The first-order valence-electron chi connectivity index (χ1n) is 6.09. The molecule has 1 atom stereocenters. The van der Waals surface area contributed by atoms with Crippen molar-refractivity contribution in [2.45, 2.75) is 18.9 Å². The number of hydrogen-bond donors (Lipinski definition) is 1. The Bertz CT molecular complexity index is 235. The smallest absolute Gasteiger partial charge is 0.320 e. The molecule has 0 spiro atoms. The van der Waals surface area contributed by atoms with Crippen molar-refractivity contribution in [3.63, 3.8) is 0 Å². The number of carbonyl (C=O) groups is 1. The summed E-state index contributed by atoms with van der Waals surface area (Å²) in [5.41, 5.74) is 0. The third kappa shape index (κ3) is 2.65. The van der Waals surface area contributed by atoms with E-state index in [2.05, 4.69) is 5.32 Å². The molecule has 2 rings (SSSR count). The molecule has 1 N–H and O–H groups in total. The van der Waals surface area contributed by atoms with Gasteiger partial charge in [0.05, 0.1) is 13.2 Å². The van der Waals surface area contributed by atoms with Crippen LogP contribution in [0.2, 0.25) is 0 Å². The molecule has 0 aliphatic carbocycles. The fraction of sp³-hybridized carbons (Fsp3) is 0.909. The second kappa shape index (κ2) is 5.50. The van der Waals surface area contributed by atoms with Gasteiger partial charge in [-0.15, -0.1) is 0 Å². The summed E-state index contributed by atoms with van der Waals surface area (Å²) < 4.78 is 5.25. The molecule has 0 aromatic heterocycles. The molecule has 2 fully saturated rings. The van der Waals surface area contributed by atoms with Crippen molar-refractivity contribution < 1.29 is 9.53 Å². The van der Waals surface area contributed by atoms with Crippen LogP contribution >= 0.6 is 0 Å². The highest BCUT2D eigenvalue weighted by Gasteiger charge is 2.26. The van der Waals surface area contributed by atoms with Gasteiger partial charge in [0.25, 0.3) is 0 Å². The van der Waals surface area contributed by atoms with Crippen molar-refractivity contribution in [3.8, 4) is 0 Å². The Balaban J connectivity index is 1.86.